The molecular formula is C27H24F3N3O3. The van der Waals surface area contributed by atoms with Crippen LogP contribution < -0.4 is 4.74 Å². The van der Waals surface area contributed by atoms with Gasteiger partial charge in [0.15, 0.2) is 0 Å². The van der Waals surface area contributed by atoms with E-state index < -0.39 is 11.7 Å². The molecular weight excluding hydrogens is 471 g/mol. The summed E-state index contributed by atoms with van der Waals surface area (Å²) in [4.78, 5) is 15.5. The summed E-state index contributed by atoms with van der Waals surface area (Å²) in [6, 6.07) is 16.1. The summed E-state index contributed by atoms with van der Waals surface area (Å²) in [6.45, 7) is 3.30. The lowest BCUT2D eigenvalue weighted by molar-refractivity contribution is -0.137. The number of hydrogen-bond donors (Lipinski definition) is 0. The smallest absolute Gasteiger partial charge is 0.416 e. The summed E-state index contributed by atoms with van der Waals surface area (Å²) in [5.41, 5.74) is 0.196. The fourth-order valence-electron chi connectivity index (χ4n) is 4.59. The molecule has 36 heavy (non-hydrogen) atoms. The molecule has 5 rings (SSSR count). The minimum atomic E-state index is -4.41. The zero-order valence-corrected chi connectivity index (χ0v) is 19.6. The quantitative estimate of drug-likeness (QED) is 0.324. The van der Waals surface area contributed by atoms with Crippen molar-refractivity contribution in [3.05, 3.63) is 77.7 Å². The Labute approximate surface area is 205 Å². The van der Waals surface area contributed by atoms with Crippen LogP contribution in [0.5, 0.6) is 5.75 Å². The van der Waals surface area contributed by atoms with Gasteiger partial charge in [-0.2, -0.15) is 13.2 Å². The molecule has 1 saturated heterocycles. The topological polar surface area (TPSA) is 68.5 Å². The Kier molecular flexibility index (Phi) is 6.38. The van der Waals surface area contributed by atoms with Crippen LogP contribution in [0.3, 0.4) is 0 Å². The Morgan fingerprint density at radius 1 is 1.08 bits per heavy atom. The van der Waals surface area contributed by atoms with Crippen LogP contribution in [0.2, 0.25) is 0 Å². The minimum absolute atomic E-state index is 0.123. The van der Waals surface area contributed by atoms with Gasteiger partial charge in [0.2, 0.25) is 11.8 Å². The molecule has 0 aliphatic carbocycles. The summed E-state index contributed by atoms with van der Waals surface area (Å²) in [6.07, 6.45) is -2.90. The predicted octanol–water partition coefficient (Wildman–Crippen LogP) is 6.33. The molecule has 0 radical (unpaired) electrons. The Bertz CT molecular complexity index is 1380. The standard InChI is InChI=1S/C27H24F3N3O3/c1-2-35-22-14-11-17-6-3-4-8-21(17)23(22)26(34)33-15-5-7-19(16-33)25-32-31-24(36-25)18-9-12-20(13-10-18)27(28,29)30/h3-4,6,8-14,19H,2,5,7,15-16H2,1H3. The molecule has 0 N–H and O–H groups in total. The molecule has 1 amide bonds. The van der Waals surface area contributed by atoms with Gasteiger partial charge < -0.3 is 14.1 Å². The van der Waals surface area contributed by atoms with Crippen molar-refractivity contribution in [3.8, 4) is 17.2 Å². The first kappa shape index (κ1) is 23.8. The number of likely N-dealkylation sites (tertiary alicyclic amines) is 1. The first-order valence-corrected chi connectivity index (χ1v) is 11.8. The van der Waals surface area contributed by atoms with Gasteiger partial charge in [-0.25, -0.2) is 0 Å². The van der Waals surface area contributed by atoms with E-state index in [9.17, 15) is 18.0 Å². The van der Waals surface area contributed by atoms with E-state index in [1.807, 2.05) is 43.3 Å². The minimum Gasteiger partial charge on any atom is -0.493 e. The van der Waals surface area contributed by atoms with Crippen molar-refractivity contribution in [1.29, 1.82) is 0 Å². The molecule has 1 atom stereocenters. The fourth-order valence-corrected chi connectivity index (χ4v) is 4.59. The Hall–Kier alpha value is -3.88. The summed E-state index contributed by atoms with van der Waals surface area (Å²) in [5.74, 6) is 0.761. The first-order chi connectivity index (χ1) is 17.3. The maximum atomic E-state index is 13.7. The first-order valence-electron chi connectivity index (χ1n) is 11.8. The molecule has 1 aliphatic heterocycles. The Balaban J connectivity index is 1.38. The molecule has 1 unspecified atom stereocenters. The molecule has 0 bridgehead atoms. The maximum absolute atomic E-state index is 13.7. The van der Waals surface area contributed by atoms with E-state index in [1.54, 1.807) is 4.90 Å². The zero-order valence-electron chi connectivity index (χ0n) is 19.6. The van der Waals surface area contributed by atoms with Gasteiger partial charge in [-0.15, -0.1) is 10.2 Å². The lowest BCUT2D eigenvalue weighted by Gasteiger charge is -2.32. The van der Waals surface area contributed by atoms with Crippen LogP contribution in [0, 0.1) is 0 Å². The average Bonchev–Trinajstić information content (AvgIpc) is 3.39. The molecule has 1 aliphatic rings. The van der Waals surface area contributed by atoms with Crippen molar-refractivity contribution < 1.29 is 27.1 Å². The molecule has 1 aromatic heterocycles. The number of aromatic nitrogens is 2. The van der Waals surface area contributed by atoms with Crippen molar-refractivity contribution in [2.45, 2.75) is 31.9 Å². The number of halogens is 3. The second kappa shape index (κ2) is 9.64. The van der Waals surface area contributed by atoms with Gasteiger partial charge >= 0.3 is 6.18 Å². The highest BCUT2D eigenvalue weighted by molar-refractivity contribution is 6.09. The SMILES string of the molecule is CCOc1ccc2ccccc2c1C(=O)N1CCCC(c2nnc(-c3ccc(C(F)(F)F)cc3)o2)C1. The van der Waals surface area contributed by atoms with Crippen molar-refractivity contribution in [3.63, 3.8) is 0 Å². The summed E-state index contributed by atoms with van der Waals surface area (Å²) >= 11 is 0. The van der Waals surface area contributed by atoms with Crippen LogP contribution in [0.4, 0.5) is 13.2 Å². The monoisotopic (exact) mass is 495 g/mol. The number of carbonyl (C=O) groups is 1. The fraction of sp³-hybridized carbons (Fsp3) is 0.296. The van der Waals surface area contributed by atoms with E-state index in [1.165, 1.54) is 12.1 Å². The second-order valence-corrected chi connectivity index (χ2v) is 8.70. The number of piperidine rings is 1. The number of rotatable bonds is 5. The summed E-state index contributed by atoms with van der Waals surface area (Å²) in [7, 11) is 0. The number of nitrogens with zero attached hydrogens (tertiary/aromatic N) is 3. The molecule has 4 aromatic rings. The van der Waals surface area contributed by atoms with E-state index in [4.69, 9.17) is 9.15 Å². The average molecular weight is 496 g/mol. The van der Waals surface area contributed by atoms with Crippen molar-refractivity contribution in [2.24, 2.45) is 0 Å². The lowest BCUT2D eigenvalue weighted by Crippen LogP contribution is -2.39. The Morgan fingerprint density at radius 3 is 2.61 bits per heavy atom. The van der Waals surface area contributed by atoms with Gasteiger partial charge in [0, 0.05) is 18.7 Å². The van der Waals surface area contributed by atoms with Crippen LogP contribution in [-0.2, 0) is 6.18 Å². The van der Waals surface area contributed by atoms with Crippen LogP contribution in [0.1, 0.15) is 47.5 Å². The van der Waals surface area contributed by atoms with Gasteiger partial charge in [-0.05, 0) is 60.9 Å². The molecule has 186 valence electrons. The number of ether oxygens (including phenoxy) is 1. The van der Waals surface area contributed by atoms with Crippen LogP contribution >= 0.6 is 0 Å². The van der Waals surface area contributed by atoms with Crippen molar-refractivity contribution >= 4 is 16.7 Å². The Morgan fingerprint density at radius 2 is 1.86 bits per heavy atom. The van der Waals surface area contributed by atoms with Gasteiger partial charge in [0.25, 0.3) is 5.91 Å². The molecule has 1 fully saturated rings. The van der Waals surface area contributed by atoms with Crippen LogP contribution in [0.15, 0.2) is 65.1 Å². The molecule has 9 heteroatoms. The van der Waals surface area contributed by atoms with Gasteiger partial charge in [-0.1, -0.05) is 30.3 Å². The molecule has 3 aromatic carbocycles. The number of alkyl halides is 3. The predicted molar refractivity (Wildman–Crippen MR) is 128 cm³/mol. The third-order valence-corrected chi connectivity index (χ3v) is 6.36. The highest BCUT2D eigenvalue weighted by Crippen LogP contribution is 2.34. The van der Waals surface area contributed by atoms with E-state index in [2.05, 4.69) is 10.2 Å². The van der Waals surface area contributed by atoms with E-state index in [0.717, 1.165) is 35.7 Å². The number of hydrogen-bond acceptors (Lipinski definition) is 5. The normalized spacial score (nSPS) is 16.3. The number of fused-ring (bicyclic) bond motifs is 1. The van der Waals surface area contributed by atoms with Crippen LogP contribution in [0.25, 0.3) is 22.2 Å². The van der Waals surface area contributed by atoms with E-state index >= 15 is 0 Å². The second-order valence-electron chi connectivity index (χ2n) is 8.70. The van der Waals surface area contributed by atoms with Gasteiger partial charge in [0.1, 0.15) is 5.75 Å². The zero-order chi connectivity index (χ0) is 25.3. The molecule has 2 heterocycles. The third kappa shape index (κ3) is 4.65. The third-order valence-electron chi connectivity index (χ3n) is 6.36. The lowest BCUT2D eigenvalue weighted by atomic mass is 9.96. The number of amides is 1. The molecule has 6 nitrogen and oxygen atoms in total. The van der Waals surface area contributed by atoms with Gasteiger partial charge in [0.05, 0.1) is 23.7 Å². The molecule has 0 saturated carbocycles. The van der Waals surface area contributed by atoms with Crippen molar-refractivity contribution in [2.75, 3.05) is 19.7 Å². The summed E-state index contributed by atoms with van der Waals surface area (Å²) < 4.78 is 50.2. The maximum Gasteiger partial charge on any atom is 0.416 e. The summed E-state index contributed by atoms with van der Waals surface area (Å²) in [5, 5.41) is 9.97. The highest BCUT2D eigenvalue weighted by atomic mass is 19.4. The van der Waals surface area contributed by atoms with E-state index in [0.29, 0.717) is 42.5 Å². The highest BCUT2D eigenvalue weighted by Gasteiger charge is 2.32. The molecule has 0 spiro atoms. The largest absolute Gasteiger partial charge is 0.493 e. The van der Waals surface area contributed by atoms with Gasteiger partial charge in [-0.3, -0.25) is 4.79 Å². The number of carbonyl (C=O) groups excluding carboxylic acids is 1. The van der Waals surface area contributed by atoms with Crippen molar-refractivity contribution in [1.82, 2.24) is 15.1 Å². The van der Waals surface area contributed by atoms with Crippen LogP contribution in [-0.4, -0.2) is 40.7 Å². The van der Waals surface area contributed by atoms with E-state index in [-0.39, 0.29) is 17.7 Å². The number of benzene rings is 3.